The van der Waals surface area contributed by atoms with Gasteiger partial charge in [0.1, 0.15) is 0 Å². The molecule has 106 valence electrons. The number of aromatic nitrogens is 1. The molecule has 1 atom stereocenters. The lowest BCUT2D eigenvalue weighted by Crippen LogP contribution is -2.47. The minimum absolute atomic E-state index is 0.0866. The summed E-state index contributed by atoms with van der Waals surface area (Å²) >= 11 is 0. The molecule has 0 spiro atoms. The maximum atomic E-state index is 13.4. The Morgan fingerprint density at radius 2 is 2.16 bits per heavy atom. The minimum atomic E-state index is -4.18. The Morgan fingerprint density at radius 1 is 1.47 bits per heavy atom. The van der Waals surface area contributed by atoms with Gasteiger partial charge in [0.15, 0.2) is 15.7 Å². The van der Waals surface area contributed by atoms with Crippen molar-refractivity contribution in [2.75, 3.05) is 11.5 Å². The van der Waals surface area contributed by atoms with Crippen LogP contribution in [0, 0.1) is 5.82 Å². The molecule has 0 bridgehead atoms. The van der Waals surface area contributed by atoms with Gasteiger partial charge in [0, 0.05) is 11.7 Å². The van der Waals surface area contributed by atoms with Crippen LogP contribution < -0.4 is 4.72 Å². The smallest absolute Gasteiger partial charge is 0.241 e. The fraction of sp³-hybridized carbons (Fsp3) is 0.500. The van der Waals surface area contributed by atoms with E-state index in [9.17, 15) is 21.2 Å². The van der Waals surface area contributed by atoms with Crippen LogP contribution in [0.25, 0.3) is 0 Å². The van der Waals surface area contributed by atoms with Crippen molar-refractivity contribution >= 4 is 19.9 Å². The zero-order chi connectivity index (χ0) is 14.3. The Kier molecular flexibility index (Phi) is 3.40. The molecule has 2 heterocycles. The number of sulfone groups is 1. The molecule has 0 aromatic carbocycles. The minimum Gasteiger partial charge on any atom is -0.241 e. The highest BCUT2D eigenvalue weighted by Gasteiger charge is 2.42. The topological polar surface area (TPSA) is 93.2 Å². The molecule has 1 aliphatic rings. The average Bonchev–Trinajstić information content (AvgIpc) is 2.52. The van der Waals surface area contributed by atoms with Gasteiger partial charge in [-0.25, -0.2) is 30.9 Å². The van der Waals surface area contributed by atoms with E-state index in [2.05, 4.69) is 9.71 Å². The van der Waals surface area contributed by atoms with Gasteiger partial charge in [-0.15, -0.1) is 0 Å². The van der Waals surface area contributed by atoms with Crippen molar-refractivity contribution in [3.05, 3.63) is 24.1 Å². The molecule has 1 saturated heterocycles. The third-order valence-electron chi connectivity index (χ3n) is 2.86. The highest BCUT2D eigenvalue weighted by molar-refractivity contribution is 7.92. The van der Waals surface area contributed by atoms with Crippen molar-refractivity contribution in [2.24, 2.45) is 0 Å². The molecular formula is C10H13FN2O4S2. The van der Waals surface area contributed by atoms with E-state index in [1.54, 1.807) is 0 Å². The standard InChI is InChI=1S/C10H13FN2O4S2/c1-10(4-6-18(14,15)7-10)13-19(16,17)9-8(11)3-2-5-12-9/h2-3,5,13H,4,6-7H2,1H3. The van der Waals surface area contributed by atoms with Crippen LogP contribution in [-0.4, -0.2) is 38.9 Å². The van der Waals surface area contributed by atoms with E-state index in [-0.39, 0.29) is 17.9 Å². The number of nitrogens with one attached hydrogen (secondary N) is 1. The van der Waals surface area contributed by atoms with Crippen LogP contribution in [0.5, 0.6) is 0 Å². The van der Waals surface area contributed by atoms with E-state index in [0.717, 1.165) is 12.3 Å². The largest absolute Gasteiger partial charge is 0.261 e. The summed E-state index contributed by atoms with van der Waals surface area (Å²) in [6.45, 7) is 1.48. The number of halogens is 1. The molecule has 1 fully saturated rings. The first-order chi connectivity index (χ1) is 8.64. The SMILES string of the molecule is CC1(NS(=O)(=O)c2ncccc2F)CCS(=O)(=O)C1. The van der Waals surface area contributed by atoms with Crippen LogP contribution in [0.4, 0.5) is 4.39 Å². The van der Waals surface area contributed by atoms with Gasteiger partial charge in [0.25, 0.3) is 10.0 Å². The molecule has 1 aromatic heterocycles. The molecule has 19 heavy (non-hydrogen) atoms. The Balaban J connectivity index is 2.31. The molecule has 2 rings (SSSR count). The average molecular weight is 308 g/mol. The summed E-state index contributed by atoms with van der Waals surface area (Å²) in [4.78, 5) is 3.48. The highest BCUT2D eigenvalue weighted by Crippen LogP contribution is 2.25. The maximum Gasteiger partial charge on any atom is 0.261 e. The van der Waals surface area contributed by atoms with Crippen molar-refractivity contribution in [1.82, 2.24) is 9.71 Å². The lowest BCUT2D eigenvalue weighted by Gasteiger charge is -2.23. The molecule has 0 radical (unpaired) electrons. The second-order valence-corrected chi connectivity index (χ2v) is 8.58. The van der Waals surface area contributed by atoms with Gasteiger partial charge >= 0.3 is 0 Å². The quantitative estimate of drug-likeness (QED) is 0.853. The van der Waals surface area contributed by atoms with Crippen LogP contribution in [0.15, 0.2) is 23.4 Å². The third kappa shape index (κ3) is 3.10. The van der Waals surface area contributed by atoms with Crippen LogP contribution in [-0.2, 0) is 19.9 Å². The lowest BCUT2D eigenvalue weighted by molar-refractivity contribution is 0.456. The number of hydrogen-bond donors (Lipinski definition) is 1. The highest BCUT2D eigenvalue weighted by atomic mass is 32.2. The van der Waals surface area contributed by atoms with E-state index in [4.69, 9.17) is 0 Å². The Bertz CT molecular complexity index is 702. The first-order valence-corrected chi connectivity index (χ1v) is 8.79. The Morgan fingerprint density at radius 3 is 2.68 bits per heavy atom. The molecular weight excluding hydrogens is 295 g/mol. The molecule has 1 N–H and O–H groups in total. The number of sulfonamides is 1. The summed E-state index contributed by atoms with van der Waals surface area (Å²) in [5.74, 6) is -1.36. The van der Waals surface area contributed by atoms with Gasteiger partial charge in [-0.05, 0) is 25.5 Å². The second-order valence-electron chi connectivity index (χ2n) is 4.80. The maximum absolute atomic E-state index is 13.4. The fourth-order valence-corrected chi connectivity index (χ4v) is 5.66. The predicted octanol–water partition coefficient (Wildman–Crippen LogP) is 0.0762. The van der Waals surface area contributed by atoms with E-state index in [0.29, 0.717) is 0 Å². The summed E-state index contributed by atoms with van der Waals surface area (Å²) in [5.41, 5.74) is -1.12. The van der Waals surface area contributed by atoms with Crippen molar-refractivity contribution in [3.63, 3.8) is 0 Å². The summed E-state index contributed by atoms with van der Waals surface area (Å²) in [7, 11) is -7.44. The summed E-state index contributed by atoms with van der Waals surface area (Å²) in [5, 5.41) is -0.722. The molecule has 0 aliphatic carbocycles. The van der Waals surface area contributed by atoms with Gasteiger partial charge in [-0.2, -0.15) is 0 Å². The normalized spacial score (nSPS) is 26.4. The zero-order valence-electron chi connectivity index (χ0n) is 10.1. The van der Waals surface area contributed by atoms with Crippen molar-refractivity contribution in [3.8, 4) is 0 Å². The van der Waals surface area contributed by atoms with E-state index in [1.807, 2.05) is 0 Å². The fourth-order valence-electron chi connectivity index (χ4n) is 2.03. The second kappa shape index (κ2) is 4.50. The molecule has 9 heteroatoms. The van der Waals surface area contributed by atoms with E-state index in [1.165, 1.54) is 13.0 Å². The van der Waals surface area contributed by atoms with Gasteiger partial charge in [0.2, 0.25) is 5.03 Å². The third-order valence-corrected chi connectivity index (χ3v) is 6.34. The van der Waals surface area contributed by atoms with E-state index >= 15 is 0 Å². The Hall–Kier alpha value is -1.06. The van der Waals surface area contributed by atoms with Gasteiger partial charge in [-0.3, -0.25) is 0 Å². The van der Waals surface area contributed by atoms with Crippen molar-refractivity contribution in [1.29, 1.82) is 0 Å². The summed E-state index contributed by atoms with van der Waals surface area (Å²) in [6, 6.07) is 2.26. The van der Waals surface area contributed by atoms with Crippen molar-refractivity contribution in [2.45, 2.75) is 23.9 Å². The molecule has 1 unspecified atom stereocenters. The molecule has 1 aromatic rings. The van der Waals surface area contributed by atoms with Crippen LogP contribution >= 0.6 is 0 Å². The predicted molar refractivity (Wildman–Crippen MR) is 66.2 cm³/mol. The zero-order valence-corrected chi connectivity index (χ0v) is 11.8. The first kappa shape index (κ1) is 14.4. The Labute approximate surface area is 111 Å². The molecule has 6 nitrogen and oxygen atoms in total. The van der Waals surface area contributed by atoms with E-state index < -0.39 is 36.2 Å². The number of nitrogens with zero attached hydrogens (tertiary/aromatic N) is 1. The lowest BCUT2D eigenvalue weighted by atomic mass is 10.0. The monoisotopic (exact) mass is 308 g/mol. The number of hydrogen-bond acceptors (Lipinski definition) is 5. The summed E-state index contributed by atoms with van der Waals surface area (Å²) < 4.78 is 62.5. The van der Waals surface area contributed by atoms with Crippen molar-refractivity contribution < 1.29 is 21.2 Å². The van der Waals surface area contributed by atoms with Crippen LogP contribution in [0.2, 0.25) is 0 Å². The first-order valence-electron chi connectivity index (χ1n) is 5.49. The molecule has 0 amide bonds. The van der Waals surface area contributed by atoms with Gasteiger partial charge in [-0.1, -0.05) is 0 Å². The van der Waals surface area contributed by atoms with Gasteiger partial charge < -0.3 is 0 Å². The summed E-state index contributed by atoms with van der Waals surface area (Å²) in [6.07, 6.45) is 1.31. The number of pyridine rings is 1. The number of rotatable bonds is 3. The van der Waals surface area contributed by atoms with Gasteiger partial charge in [0.05, 0.1) is 11.5 Å². The molecule has 1 aliphatic heterocycles. The van der Waals surface area contributed by atoms with Crippen LogP contribution in [0.3, 0.4) is 0 Å². The molecule has 0 saturated carbocycles. The van der Waals surface area contributed by atoms with Crippen LogP contribution in [0.1, 0.15) is 13.3 Å².